The van der Waals surface area contributed by atoms with Crippen LogP contribution in [0.2, 0.25) is 0 Å². The lowest BCUT2D eigenvalue weighted by atomic mass is 10.2. The molecule has 1 rings (SSSR count). The Kier molecular flexibility index (Phi) is 3.57. The summed E-state index contributed by atoms with van der Waals surface area (Å²) in [7, 11) is 0. The van der Waals surface area contributed by atoms with E-state index in [1.54, 1.807) is 0 Å². The second kappa shape index (κ2) is 4.24. The van der Waals surface area contributed by atoms with Gasteiger partial charge in [-0.1, -0.05) is 0 Å². The third-order valence-electron chi connectivity index (χ3n) is 2.31. The first-order valence-electron chi connectivity index (χ1n) is 4.19. The second-order valence-corrected chi connectivity index (χ2v) is 3.55. The van der Waals surface area contributed by atoms with Crippen molar-refractivity contribution >= 4 is 12.6 Å². The zero-order valence-electron chi connectivity index (χ0n) is 6.71. The molecule has 0 aromatic rings. The zero-order valence-corrected chi connectivity index (χ0v) is 7.61. The Morgan fingerprint density at radius 3 is 2.50 bits per heavy atom. The van der Waals surface area contributed by atoms with Crippen molar-refractivity contribution in [3.8, 4) is 0 Å². The van der Waals surface area contributed by atoms with E-state index in [4.69, 9.17) is 0 Å². The third kappa shape index (κ3) is 2.17. The van der Waals surface area contributed by atoms with Crippen molar-refractivity contribution in [3.05, 3.63) is 0 Å². The lowest BCUT2D eigenvalue weighted by Gasteiger charge is -2.22. The molecule has 0 radical (unpaired) electrons. The number of likely N-dealkylation sites (tertiary alicyclic amines) is 1. The molecule has 0 aliphatic carbocycles. The summed E-state index contributed by atoms with van der Waals surface area (Å²) < 4.78 is 0. The van der Waals surface area contributed by atoms with E-state index in [-0.39, 0.29) is 0 Å². The van der Waals surface area contributed by atoms with E-state index in [9.17, 15) is 0 Å². The summed E-state index contributed by atoms with van der Waals surface area (Å²) >= 11 is 4.23. The summed E-state index contributed by atoms with van der Waals surface area (Å²) in [6.45, 7) is 4.94. The summed E-state index contributed by atoms with van der Waals surface area (Å²) in [5, 5.41) is 0. The van der Waals surface area contributed by atoms with Crippen molar-refractivity contribution in [1.82, 2.24) is 4.90 Å². The van der Waals surface area contributed by atoms with Gasteiger partial charge in [0, 0.05) is 6.04 Å². The van der Waals surface area contributed by atoms with E-state index in [1.807, 2.05) is 0 Å². The Bertz CT molecular complexity index is 89.3. The number of thiol groups is 1. The lowest BCUT2D eigenvalue weighted by Crippen LogP contribution is -2.30. The van der Waals surface area contributed by atoms with Gasteiger partial charge in [-0.15, -0.1) is 0 Å². The van der Waals surface area contributed by atoms with E-state index >= 15 is 0 Å². The maximum Gasteiger partial charge on any atom is 0.00746 e. The summed E-state index contributed by atoms with van der Waals surface area (Å²) in [4.78, 5) is 2.57. The number of rotatable bonds is 3. The standard InChI is InChI=1S/C8H17NS/c1-8(4-7-10)9-5-2-3-6-9/h8,10H,2-7H2,1H3. The smallest absolute Gasteiger partial charge is 0.00746 e. The first kappa shape index (κ1) is 8.41. The Labute approximate surface area is 69.2 Å². The zero-order chi connectivity index (χ0) is 7.40. The molecule has 0 saturated carbocycles. The minimum Gasteiger partial charge on any atom is -0.301 e. The van der Waals surface area contributed by atoms with Crippen LogP contribution >= 0.6 is 12.6 Å². The maximum absolute atomic E-state index is 4.23. The van der Waals surface area contributed by atoms with Crippen molar-refractivity contribution in [2.24, 2.45) is 0 Å². The Hall–Kier alpha value is 0.310. The molecule has 0 aromatic carbocycles. The topological polar surface area (TPSA) is 3.24 Å². The fourth-order valence-corrected chi connectivity index (χ4v) is 1.93. The van der Waals surface area contributed by atoms with Gasteiger partial charge in [-0.25, -0.2) is 0 Å². The molecule has 1 aliphatic rings. The molecule has 1 fully saturated rings. The van der Waals surface area contributed by atoms with Gasteiger partial charge in [-0.3, -0.25) is 0 Å². The summed E-state index contributed by atoms with van der Waals surface area (Å²) in [5.41, 5.74) is 0. The van der Waals surface area contributed by atoms with Crippen molar-refractivity contribution in [2.75, 3.05) is 18.8 Å². The molecule has 2 heteroatoms. The molecule has 0 aromatic heterocycles. The van der Waals surface area contributed by atoms with E-state index in [0.717, 1.165) is 11.8 Å². The van der Waals surface area contributed by atoms with E-state index in [2.05, 4.69) is 24.5 Å². The molecule has 60 valence electrons. The van der Waals surface area contributed by atoms with Crippen molar-refractivity contribution in [3.63, 3.8) is 0 Å². The SMILES string of the molecule is CC(CCS)N1CCCC1. The largest absolute Gasteiger partial charge is 0.301 e. The molecule has 10 heavy (non-hydrogen) atoms. The predicted octanol–water partition coefficient (Wildman–Crippen LogP) is 1.79. The molecule has 0 amide bonds. The summed E-state index contributed by atoms with van der Waals surface area (Å²) in [6, 6.07) is 0.764. The van der Waals surface area contributed by atoms with Gasteiger partial charge in [0.05, 0.1) is 0 Å². The molecule has 1 aliphatic heterocycles. The van der Waals surface area contributed by atoms with Gasteiger partial charge in [0.2, 0.25) is 0 Å². The van der Waals surface area contributed by atoms with Gasteiger partial charge < -0.3 is 4.90 Å². The summed E-state index contributed by atoms with van der Waals surface area (Å²) in [6.07, 6.45) is 4.04. The maximum atomic E-state index is 4.23. The molecule has 1 nitrogen and oxygen atoms in total. The molecule has 0 bridgehead atoms. The molecule has 1 saturated heterocycles. The van der Waals surface area contributed by atoms with Gasteiger partial charge in [0.15, 0.2) is 0 Å². The van der Waals surface area contributed by atoms with Crippen LogP contribution in [0.15, 0.2) is 0 Å². The highest BCUT2D eigenvalue weighted by Crippen LogP contribution is 2.13. The number of hydrogen-bond donors (Lipinski definition) is 1. The van der Waals surface area contributed by atoms with Gasteiger partial charge in [-0.05, 0) is 45.0 Å². The van der Waals surface area contributed by atoms with Gasteiger partial charge in [0.1, 0.15) is 0 Å². The van der Waals surface area contributed by atoms with Crippen LogP contribution in [0.5, 0.6) is 0 Å². The monoisotopic (exact) mass is 159 g/mol. The number of hydrogen-bond acceptors (Lipinski definition) is 2. The molecule has 0 spiro atoms. The average molecular weight is 159 g/mol. The van der Waals surface area contributed by atoms with Crippen LogP contribution in [0.4, 0.5) is 0 Å². The molecule has 1 atom stereocenters. The normalized spacial score (nSPS) is 23.4. The predicted molar refractivity (Wildman–Crippen MR) is 48.7 cm³/mol. The first-order chi connectivity index (χ1) is 4.84. The highest BCUT2D eigenvalue weighted by molar-refractivity contribution is 7.80. The third-order valence-corrected chi connectivity index (χ3v) is 2.57. The van der Waals surface area contributed by atoms with Gasteiger partial charge in [-0.2, -0.15) is 12.6 Å². The first-order valence-corrected chi connectivity index (χ1v) is 4.82. The highest BCUT2D eigenvalue weighted by atomic mass is 32.1. The minimum atomic E-state index is 0.764. The van der Waals surface area contributed by atoms with Crippen molar-refractivity contribution in [2.45, 2.75) is 32.2 Å². The van der Waals surface area contributed by atoms with Crippen LogP contribution in [-0.2, 0) is 0 Å². The minimum absolute atomic E-state index is 0.764. The molecule has 0 N–H and O–H groups in total. The van der Waals surface area contributed by atoms with Crippen LogP contribution in [0.25, 0.3) is 0 Å². The van der Waals surface area contributed by atoms with E-state index in [0.29, 0.717) is 0 Å². The van der Waals surface area contributed by atoms with Crippen LogP contribution < -0.4 is 0 Å². The molecular formula is C8H17NS. The van der Waals surface area contributed by atoms with Crippen LogP contribution in [0, 0.1) is 0 Å². The lowest BCUT2D eigenvalue weighted by molar-refractivity contribution is 0.254. The molecule has 1 heterocycles. The Morgan fingerprint density at radius 2 is 2.00 bits per heavy atom. The van der Waals surface area contributed by atoms with Crippen LogP contribution in [0.3, 0.4) is 0 Å². The van der Waals surface area contributed by atoms with E-state index < -0.39 is 0 Å². The Morgan fingerprint density at radius 1 is 1.40 bits per heavy atom. The highest BCUT2D eigenvalue weighted by Gasteiger charge is 2.16. The fraction of sp³-hybridized carbons (Fsp3) is 1.00. The van der Waals surface area contributed by atoms with Gasteiger partial charge >= 0.3 is 0 Å². The van der Waals surface area contributed by atoms with Crippen LogP contribution in [0.1, 0.15) is 26.2 Å². The summed E-state index contributed by atoms with van der Waals surface area (Å²) in [5.74, 6) is 1.03. The Balaban J connectivity index is 2.18. The van der Waals surface area contributed by atoms with E-state index in [1.165, 1.54) is 32.4 Å². The molecule has 1 unspecified atom stereocenters. The quantitative estimate of drug-likeness (QED) is 0.614. The second-order valence-electron chi connectivity index (χ2n) is 3.10. The van der Waals surface area contributed by atoms with Crippen molar-refractivity contribution in [1.29, 1.82) is 0 Å². The number of nitrogens with zero attached hydrogens (tertiary/aromatic N) is 1. The fourth-order valence-electron chi connectivity index (χ4n) is 1.55. The van der Waals surface area contributed by atoms with Crippen molar-refractivity contribution < 1.29 is 0 Å². The van der Waals surface area contributed by atoms with Gasteiger partial charge in [0.25, 0.3) is 0 Å². The molecular weight excluding hydrogens is 142 g/mol. The van der Waals surface area contributed by atoms with Crippen LogP contribution in [-0.4, -0.2) is 29.8 Å². The average Bonchev–Trinajstić information content (AvgIpc) is 2.38.